The summed E-state index contributed by atoms with van der Waals surface area (Å²) in [6.45, 7) is 3.35. The molecule has 108 valence electrons. The van der Waals surface area contributed by atoms with E-state index in [1.807, 2.05) is 25.1 Å². The molecule has 1 aromatic heterocycles. The topological polar surface area (TPSA) is 55.1 Å². The lowest BCUT2D eigenvalue weighted by atomic mass is 10.1. The Balaban J connectivity index is 2.25. The molecule has 5 heteroatoms. The van der Waals surface area contributed by atoms with E-state index in [1.165, 1.54) is 0 Å². The second-order valence-electron chi connectivity index (χ2n) is 4.19. The van der Waals surface area contributed by atoms with Gasteiger partial charge in [0.2, 0.25) is 5.88 Å². The molecule has 0 atom stereocenters. The van der Waals surface area contributed by atoms with Crippen molar-refractivity contribution >= 4 is 11.6 Å². The van der Waals surface area contributed by atoms with Gasteiger partial charge < -0.3 is 9.47 Å². The van der Waals surface area contributed by atoms with Gasteiger partial charge in [-0.15, -0.1) is 0 Å². The van der Waals surface area contributed by atoms with Gasteiger partial charge in [0, 0.05) is 17.2 Å². The van der Waals surface area contributed by atoms with Gasteiger partial charge in [-0.05, 0) is 25.1 Å². The molecular weight excluding hydrogens is 288 g/mol. The standard InChI is InChI=1S/C16H15ClN2O2/c1-2-20-9-10-21-16-12(11-18)7-8-15(19-16)13-5-3-4-6-14(13)17/h3-8H,2,9-10H2,1H3. The highest BCUT2D eigenvalue weighted by Crippen LogP contribution is 2.28. The van der Waals surface area contributed by atoms with E-state index < -0.39 is 0 Å². The van der Waals surface area contributed by atoms with Gasteiger partial charge in [-0.2, -0.15) is 5.26 Å². The normalized spacial score (nSPS) is 10.1. The second kappa shape index (κ2) is 7.63. The summed E-state index contributed by atoms with van der Waals surface area (Å²) < 4.78 is 10.7. The highest BCUT2D eigenvalue weighted by Gasteiger charge is 2.10. The predicted octanol–water partition coefficient (Wildman–Crippen LogP) is 3.69. The first kappa shape index (κ1) is 15.3. The van der Waals surface area contributed by atoms with Gasteiger partial charge >= 0.3 is 0 Å². The van der Waals surface area contributed by atoms with Gasteiger partial charge in [0.25, 0.3) is 0 Å². The molecule has 0 spiro atoms. The van der Waals surface area contributed by atoms with Crippen LogP contribution >= 0.6 is 11.6 Å². The summed E-state index contributed by atoms with van der Waals surface area (Å²) in [7, 11) is 0. The quantitative estimate of drug-likeness (QED) is 0.764. The van der Waals surface area contributed by atoms with Crippen molar-refractivity contribution in [1.82, 2.24) is 4.98 Å². The van der Waals surface area contributed by atoms with E-state index in [0.29, 0.717) is 42.0 Å². The Bertz CT molecular complexity index is 653. The summed E-state index contributed by atoms with van der Waals surface area (Å²) in [6, 6.07) is 12.9. The van der Waals surface area contributed by atoms with E-state index in [9.17, 15) is 0 Å². The smallest absolute Gasteiger partial charge is 0.232 e. The molecule has 0 fully saturated rings. The van der Waals surface area contributed by atoms with Crippen LogP contribution in [0.2, 0.25) is 5.02 Å². The summed E-state index contributed by atoms with van der Waals surface area (Å²) in [5.74, 6) is 0.301. The molecule has 0 aliphatic carbocycles. The Morgan fingerprint density at radius 1 is 1.19 bits per heavy atom. The number of pyridine rings is 1. The maximum atomic E-state index is 9.11. The SMILES string of the molecule is CCOCCOc1nc(-c2ccccc2Cl)ccc1C#N. The highest BCUT2D eigenvalue weighted by molar-refractivity contribution is 6.33. The van der Waals surface area contributed by atoms with Crippen LogP contribution in [0.15, 0.2) is 36.4 Å². The van der Waals surface area contributed by atoms with Crippen molar-refractivity contribution in [2.24, 2.45) is 0 Å². The van der Waals surface area contributed by atoms with E-state index >= 15 is 0 Å². The van der Waals surface area contributed by atoms with E-state index in [-0.39, 0.29) is 0 Å². The Morgan fingerprint density at radius 3 is 2.71 bits per heavy atom. The van der Waals surface area contributed by atoms with Gasteiger partial charge in [-0.25, -0.2) is 4.98 Å². The Hall–Kier alpha value is -2.09. The Kier molecular flexibility index (Phi) is 5.56. The number of hydrogen-bond acceptors (Lipinski definition) is 4. The number of nitrogens with zero attached hydrogens (tertiary/aromatic N) is 2. The number of benzene rings is 1. The molecule has 0 saturated heterocycles. The molecule has 2 aromatic rings. The maximum absolute atomic E-state index is 9.11. The van der Waals surface area contributed by atoms with Crippen LogP contribution in [0.3, 0.4) is 0 Å². The molecule has 1 aromatic carbocycles. The van der Waals surface area contributed by atoms with Gasteiger partial charge in [-0.1, -0.05) is 29.8 Å². The summed E-state index contributed by atoms with van der Waals surface area (Å²) in [6.07, 6.45) is 0. The van der Waals surface area contributed by atoms with Gasteiger partial charge in [0.15, 0.2) is 0 Å². The summed E-state index contributed by atoms with van der Waals surface area (Å²) >= 11 is 6.16. The van der Waals surface area contributed by atoms with E-state index in [0.717, 1.165) is 5.56 Å². The van der Waals surface area contributed by atoms with E-state index in [4.69, 9.17) is 26.3 Å². The average molecular weight is 303 g/mol. The third-order valence-corrected chi connectivity index (χ3v) is 3.13. The summed E-state index contributed by atoms with van der Waals surface area (Å²) in [4.78, 5) is 4.39. The molecular formula is C16H15ClN2O2. The molecule has 0 bridgehead atoms. The second-order valence-corrected chi connectivity index (χ2v) is 4.59. The monoisotopic (exact) mass is 302 g/mol. The van der Waals surface area contributed by atoms with Crippen LogP contribution in [0.25, 0.3) is 11.3 Å². The molecule has 1 heterocycles. The number of aromatic nitrogens is 1. The lowest BCUT2D eigenvalue weighted by molar-refractivity contribution is 0.108. The van der Waals surface area contributed by atoms with Gasteiger partial charge in [0.05, 0.1) is 12.3 Å². The van der Waals surface area contributed by atoms with Crippen LogP contribution in [-0.4, -0.2) is 24.8 Å². The first-order chi connectivity index (χ1) is 10.3. The lowest BCUT2D eigenvalue weighted by Crippen LogP contribution is -2.08. The number of ether oxygens (including phenoxy) is 2. The zero-order valence-corrected chi connectivity index (χ0v) is 12.4. The number of hydrogen-bond donors (Lipinski definition) is 0. The third-order valence-electron chi connectivity index (χ3n) is 2.80. The molecule has 0 radical (unpaired) electrons. The Morgan fingerprint density at radius 2 is 2.00 bits per heavy atom. The summed E-state index contributed by atoms with van der Waals surface area (Å²) in [5.41, 5.74) is 1.87. The van der Waals surface area contributed by atoms with Crippen LogP contribution < -0.4 is 4.74 Å². The van der Waals surface area contributed by atoms with Crippen molar-refractivity contribution in [1.29, 1.82) is 5.26 Å². The molecule has 0 aliphatic heterocycles. The molecule has 0 N–H and O–H groups in total. The third kappa shape index (κ3) is 3.94. The van der Waals surface area contributed by atoms with E-state index in [2.05, 4.69) is 11.1 Å². The van der Waals surface area contributed by atoms with Crippen molar-refractivity contribution in [2.45, 2.75) is 6.92 Å². The minimum Gasteiger partial charge on any atom is -0.474 e. The van der Waals surface area contributed by atoms with Crippen molar-refractivity contribution in [3.63, 3.8) is 0 Å². The molecule has 4 nitrogen and oxygen atoms in total. The van der Waals surface area contributed by atoms with Crippen molar-refractivity contribution in [2.75, 3.05) is 19.8 Å². The van der Waals surface area contributed by atoms with Crippen LogP contribution in [0, 0.1) is 11.3 Å². The number of nitriles is 1. The fourth-order valence-electron chi connectivity index (χ4n) is 1.80. The van der Waals surface area contributed by atoms with Crippen LogP contribution in [0.4, 0.5) is 0 Å². The van der Waals surface area contributed by atoms with Crippen molar-refractivity contribution in [3.8, 4) is 23.2 Å². The fourth-order valence-corrected chi connectivity index (χ4v) is 2.03. The zero-order chi connectivity index (χ0) is 15.1. The van der Waals surface area contributed by atoms with Crippen molar-refractivity contribution in [3.05, 3.63) is 47.0 Å². The number of rotatable bonds is 6. The van der Waals surface area contributed by atoms with Gasteiger partial charge in [-0.3, -0.25) is 0 Å². The molecule has 0 amide bonds. The van der Waals surface area contributed by atoms with E-state index in [1.54, 1.807) is 18.2 Å². The fraction of sp³-hybridized carbons (Fsp3) is 0.250. The minimum atomic E-state index is 0.301. The maximum Gasteiger partial charge on any atom is 0.232 e. The van der Waals surface area contributed by atoms with Crippen LogP contribution in [0.5, 0.6) is 5.88 Å². The Labute approximate surface area is 128 Å². The predicted molar refractivity (Wildman–Crippen MR) is 81.4 cm³/mol. The first-order valence-electron chi connectivity index (χ1n) is 6.63. The number of halogens is 1. The lowest BCUT2D eigenvalue weighted by Gasteiger charge is -2.09. The zero-order valence-electron chi connectivity index (χ0n) is 11.7. The molecule has 21 heavy (non-hydrogen) atoms. The molecule has 0 unspecified atom stereocenters. The molecule has 0 aliphatic rings. The largest absolute Gasteiger partial charge is 0.474 e. The molecule has 2 rings (SSSR count). The molecule has 0 saturated carbocycles. The minimum absolute atomic E-state index is 0.301. The first-order valence-corrected chi connectivity index (χ1v) is 7.00. The van der Waals surface area contributed by atoms with Crippen LogP contribution in [-0.2, 0) is 4.74 Å². The van der Waals surface area contributed by atoms with Crippen molar-refractivity contribution < 1.29 is 9.47 Å². The summed E-state index contributed by atoms with van der Waals surface area (Å²) in [5, 5.41) is 9.72. The van der Waals surface area contributed by atoms with Gasteiger partial charge in [0.1, 0.15) is 18.2 Å². The average Bonchev–Trinajstić information content (AvgIpc) is 2.52. The highest BCUT2D eigenvalue weighted by atomic mass is 35.5. The van der Waals surface area contributed by atoms with Crippen LogP contribution in [0.1, 0.15) is 12.5 Å².